The van der Waals surface area contributed by atoms with E-state index in [4.69, 9.17) is 11.6 Å². The minimum Gasteiger partial charge on any atom is -0.306 e. The van der Waals surface area contributed by atoms with Crippen molar-refractivity contribution in [1.82, 2.24) is 5.06 Å². The largest absolute Gasteiger partial charge is 0.347 e. The molecule has 5 nitrogen and oxygen atoms in total. The fourth-order valence-electron chi connectivity index (χ4n) is 2.44. The lowest BCUT2D eigenvalue weighted by molar-refractivity contribution is -0.112. The van der Waals surface area contributed by atoms with Crippen molar-refractivity contribution in [3.05, 3.63) is 29.3 Å². The van der Waals surface area contributed by atoms with Crippen molar-refractivity contribution in [3.63, 3.8) is 0 Å². The van der Waals surface area contributed by atoms with Gasteiger partial charge in [-0.3, -0.25) is 5.21 Å². The molecule has 0 radical (unpaired) electrons. The number of amides is 2. The lowest BCUT2D eigenvalue weighted by Crippen LogP contribution is -2.51. The van der Waals surface area contributed by atoms with E-state index in [1.807, 2.05) is 0 Å². The van der Waals surface area contributed by atoms with Crippen LogP contribution in [0, 0.1) is 11.3 Å². The number of hydroxylamine groups is 2. The molecule has 0 aliphatic heterocycles. The summed E-state index contributed by atoms with van der Waals surface area (Å²) < 4.78 is 0. The highest BCUT2D eigenvalue weighted by Gasteiger charge is 2.41. The molecule has 1 aliphatic carbocycles. The number of rotatable bonds is 2. The van der Waals surface area contributed by atoms with Crippen molar-refractivity contribution >= 4 is 23.3 Å². The zero-order chi connectivity index (χ0) is 14.6. The third-order valence-corrected chi connectivity index (χ3v) is 3.80. The van der Waals surface area contributed by atoms with Crippen LogP contribution in [0.4, 0.5) is 10.5 Å². The third kappa shape index (κ3) is 3.03. The molecule has 6 heteroatoms. The summed E-state index contributed by atoms with van der Waals surface area (Å²) in [5.74, 6) is 0. The molecule has 20 heavy (non-hydrogen) atoms. The average Bonchev–Trinajstić information content (AvgIpc) is 2.47. The predicted molar refractivity (Wildman–Crippen MR) is 75.5 cm³/mol. The maximum atomic E-state index is 12.1. The van der Waals surface area contributed by atoms with Crippen LogP contribution in [-0.2, 0) is 0 Å². The van der Waals surface area contributed by atoms with Crippen molar-refractivity contribution in [3.8, 4) is 6.07 Å². The quantitative estimate of drug-likeness (QED) is 0.643. The molecule has 0 atom stereocenters. The molecule has 0 unspecified atom stereocenters. The highest BCUT2D eigenvalue weighted by atomic mass is 35.5. The van der Waals surface area contributed by atoms with Crippen molar-refractivity contribution in [2.24, 2.45) is 0 Å². The van der Waals surface area contributed by atoms with Crippen LogP contribution in [0.1, 0.15) is 32.1 Å². The molecule has 0 spiro atoms. The van der Waals surface area contributed by atoms with Gasteiger partial charge in [0.05, 0.1) is 6.07 Å². The molecule has 0 saturated heterocycles. The van der Waals surface area contributed by atoms with Gasteiger partial charge in [0.2, 0.25) is 0 Å². The van der Waals surface area contributed by atoms with E-state index in [2.05, 4.69) is 11.4 Å². The van der Waals surface area contributed by atoms with E-state index in [1.165, 1.54) is 0 Å². The highest BCUT2D eigenvalue weighted by Crippen LogP contribution is 2.32. The van der Waals surface area contributed by atoms with E-state index in [0.717, 1.165) is 19.3 Å². The summed E-state index contributed by atoms with van der Waals surface area (Å²) in [6.07, 6.45) is 3.66. The monoisotopic (exact) mass is 293 g/mol. The first-order valence-electron chi connectivity index (χ1n) is 6.54. The maximum Gasteiger partial charge on any atom is 0.347 e. The van der Waals surface area contributed by atoms with Crippen molar-refractivity contribution in [2.75, 3.05) is 5.32 Å². The zero-order valence-electron chi connectivity index (χ0n) is 11.0. The van der Waals surface area contributed by atoms with Crippen LogP contribution in [0.3, 0.4) is 0 Å². The molecule has 106 valence electrons. The molecule has 0 bridgehead atoms. The van der Waals surface area contributed by atoms with E-state index >= 15 is 0 Å². The van der Waals surface area contributed by atoms with Crippen LogP contribution in [0.15, 0.2) is 24.3 Å². The molecule has 2 rings (SSSR count). The fraction of sp³-hybridized carbons (Fsp3) is 0.429. The molecular formula is C14H16ClN3O2. The standard InChI is InChI=1S/C14H16ClN3O2/c15-11-5-4-6-12(9-11)17-13(19)18(20)14(10-16)7-2-1-3-8-14/h4-6,9,20H,1-3,7-8H2,(H,17,19). The molecule has 1 aliphatic rings. The van der Waals surface area contributed by atoms with Gasteiger partial charge >= 0.3 is 6.03 Å². The van der Waals surface area contributed by atoms with Gasteiger partial charge in [-0.15, -0.1) is 0 Å². The zero-order valence-corrected chi connectivity index (χ0v) is 11.7. The first-order chi connectivity index (χ1) is 9.57. The second-order valence-electron chi connectivity index (χ2n) is 4.96. The van der Waals surface area contributed by atoms with Crippen LogP contribution in [0.25, 0.3) is 0 Å². The maximum absolute atomic E-state index is 12.1. The van der Waals surface area contributed by atoms with Gasteiger partial charge in [-0.05, 0) is 43.9 Å². The van der Waals surface area contributed by atoms with Gasteiger partial charge in [-0.2, -0.15) is 10.3 Å². The number of halogens is 1. The molecule has 2 N–H and O–H groups in total. The Morgan fingerprint density at radius 1 is 1.40 bits per heavy atom. The fourth-order valence-corrected chi connectivity index (χ4v) is 2.63. The molecule has 2 amide bonds. The lowest BCUT2D eigenvalue weighted by atomic mass is 9.82. The number of nitrogens with one attached hydrogen (secondary N) is 1. The van der Waals surface area contributed by atoms with E-state index in [0.29, 0.717) is 28.6 Å². The summed E-state index contributed by atoms with van der Waals surface area (Å²) in [5, 5.41) is 23.0. The number of nitriles is 1. The van der Waals surface area contributed by atoms with E-state index < -0.39 is 11.6 Å². The molecule has 0 aromatic heterocycles. The summed E-state index contributed by atoms with van der Waals surface area (Å²) in [4.78, 5) is 12.1. The number of benzene rings is 1. The van der Waals surface area contributed by atoms with Crippen LogP contribution >= 0.6 is 11.6 Å². The number of carbonyl (C=O) groups excluding carboxylic acids is 1. The van der Waals surface area contributed by atoms with Crippen molar-refractivity contribution in [2.45, 2.75) is 37.6 Å². The number of carbonyl (C=O) groups is 1. The number of urea groups is 1. The second kappa shape index (κ2) is 6.12. The average molecular weight is 294 g/mol. The van der Waals surface area contributed by atoms with Crippen LogP contribution in [-0.4, -0.2) is 21.8 Å². The minimum atomic E-state index is -1.12. The third-order valence-electron chi connectivity index (χ3n) is 3.56. The summed E-state index contributed by atoms with van der Waals surface area (Å²) in [6.45, 7) is 0. The Bertz CT molecular complexity index is 535. The Kier molecular flexibility index (Phi) is 4.48. The van der Waals surface area contributed by atoms with E-state index in [9.17, 15) is 15.3 Å². The van der Waals surface area contributed by atoms with Gasteiger partial charge in [0.15, 0.2) is 5.54 Å². The molecule has 0 heterocycles. The van der Waals surface area contributed by atoms with Crippen molar-refractivity contribution in [1.29, 1.82) is 5.26 Å². The first-order valence-corrected chi connectivity index (χ1v) is 6.92. The Balaban J connectivity index is 2.10. The van der Waals surface area contributed by atoms with Gasteiger partial charge in [0.1, 0.15) is 0 Å². The van der Waals surface area contributed by atoms with Crippen LogP contribution < -0.4 is 5.32 Å². The highest BCUT2D eigenvalue weighted by molar-refractivity contribution is 6.30. The van der Waals surface area contributed by atoms with Gasteiger partial charge in [0, 0.05) is 10.7 Å². The predicted octanol–water partition coefficient (Wildman–Crippen LogP) is 3.79. The summed E-state index contributed by atoms with van der Waals surface area (Å²) >= 11 is 5.83. The number of hydrogen-bond donors (Lipinski definition) is 2. The second-order valence-corrected chi connectivity index (χ2v) is 5.39. The number of nitrogens with zero attached hydrogens (tertiary/aromatic N) is 2. The molecule has 1 aromatic carbocycles. The van der Waals surface area contributed by atoms with Gasteiger partial charge in [0.25, 0.3) is 0 Å². The van der Waals surface area contributed by atoms with E-state index in [-0.39, 0.29) is 0 Å². The molecule has 1 aromatic rings. The smallest absolute Gasteiger partial charge is 0.306 e. The summed E-state index contributed by atoms with van der Waals surface area (Å²) in [6, 6.07) is 7.99. The Hall–Kier alpha value is -1.77. The number of anilines is 1. The molecule has 1 saturated carbocycles. The van der Waals surface area contributed by atoms with Gasteiger partial charge in [-0.1, -0.05) is 24.1 Å². The topological polar surface area (TPSA) is 76.4 Å². The van der Waals surface area contributed by atoms with E-state index in [1.54, 1.807) is 24.3 Å². The summed E-state index contributed by atoms with van der Waals surface area (Å²) in [7, 11) is 0. The van der Waals surface area contributed by atoms with Gasteiger partial charge in [-0.25, -0.2) is 4.79 Å². The Morgan fingerprint density at radius 2 is 2.10 bits per heavy atom. The number of hydrogen-bond acceptors (Lipinski definition) is 3. The van der Waals surface area contributed by atoms with Crippen LogP contribution in [0.5, 0.6) is 0 Å². The molecular weight excluding hydrogens is 278 g/mol. The Labute approximate surface area is 122 Å². The molecule has 1 fully saturated rings. The van der Waals surface area contributed by atoms with Gasteiger partial charge < -0.3 is 5.32 Å². The first kappa shape index (κ1) is 14.6. The van der Waals surface area contributed by atoms with Crippen LogP contribution in [0.2, 0.25) is 5.02 Å². The SMILES string of the molecule is N#CC1(N(O)C(=O)Nc2cccc(Cl)c2)CCCCC1. The lowest BCUT2D eigenvalue weighted by Gasteiger charge is -2.36. The Morgan fingerprint density at radius 3 is 2.70 bits per heavy atom. The van der Waals surface area contributed by atoms with Crippen molar-refractivity contribution < 1.29 is 10.0 Å². The minimum absolute atomic E-state index is 0.477. The normalized spacial score (nSPS) is 17.1. The summed E-state index contributed by atoms with van der Waals surface area (Å²) in [5.41, 5.74) is -0.647.